The maximum absolute atomic E-state index is 11.5. The zero-order valence-electron chi connectivity index (χ0n) is 18.2. The minimum Gasteiger partial charge on any atom is -0.370 e. The van der Waals surface area contributed by atoms with Gasteiger partial charge in [0.05, 0.1) is 4.90 Å². The van der Waals surface area contributed by atoms with Gasteiger partial charge in [-0.05, 0) is 49.6 Å². The van der Waals surface area contributed by atoms with Crippen LogP contribution in [0.3, 0.4) is 0 Å². The summed E-state index contributed by atoms with van der Waals surface area (Å²) in [4.78, 5) is 6.97. The van der Waals surface area contributed by atoms with E-state index in [0.29, 0.717) is 11.4 Å². The van der Waals surface area contributed by atoms with Gasteiger partial charge in [-0.25, -0.2) is 8.42 Å². The van der Waals surface area contributed by atoms with E-state index >= 15 is 0 Å². The minimum atomic E-state index is -3.15. The van der Waals surface area contributed by atoms with E-state index in [1.54, 1.807) is 19.2 Å². The van der Waals surface area contributed by atoms with E-state index in [-0.39, 0.29) is 24.0 Å². The number of anilines is 1. The topological polar surface area (TPSA) is 73.8 Å². The van der Waals surface area contributed by atoms with Gasteiger partial charge in [0, 0.05) is 45.2 Å². The molecule has 0 aliphatic carbocycles. The summed E-state index contributed by atoms with van der Waals surface area (Å²) >= 11 is 0. The van der Waals surface area contributed by atoms with Crippen molar-refractivity contribution in [2.75, 3.05) is 44.4 Å². The molecule has 2 N–H and O–H groups in total. The second kappa shape index (κ2) is 12.8. The number of halogens is 1. The summed E-state index contributed by atoms with van der Waals surface area (Å²) in [6.45, 7) is 7.62. The highest BCUT2D eigenvalue weighted by Gasteiger charge is 2.08. The van der Waals surface area contributed by atoms with Crippen LogP contribution in [0.5, 0.6) is 0 Å². The molecule has 30 heavy (non-hydrogen) atoms. The molecule has 0 radical (unpaired) electrons. The summed E-state index contributed by atoms with van der Waals surface area (Å²) in [5.74, 6) is 0.763. The van der Waals surface area contributed by atoms with Crippen molar-refractivity contribution < 1.29 is 8.42 Å². The number of rotatable bonds is 9. The fraction of sp³-hybridized carbons (Fsp3) is 0.409. The number of para-hydroxylation sites is 1. The molecule has 0 fully saturated rings. The standard InChI is InChI=1S/C22H32N4O2S.HI/c1-5-26(21-9-7-6-8-18(21)2)17-16-25-22(23-3)24-15-14-19-10-12-20(13-11-19)29(4,27)28;/h6-13H,5,14-17H2,1-4H3,(H2,23,24,25);1H. The van der Waals surface area contributed by atoms with E-state index in [1.807, 2.05) is 12.1 Å². The Morgan fingerprint density at radius 2 is 1.67 bits per heavy atom. The molecule has 0 heterocycles. The number of sulfone groups is 1. The summed E-state index contributed by atoms with van der Waals surface area (Å²) in [7, 11) is -1.39. The smallest absolute Gasteiger partial charge is 0.191 e. The van der Waals surface area contributed by atoms with Crippen LogP contribution in [0.25, 0.3) is 0 Å². The first-order valence-corrected chi connectivity index (χ1v) is 11.8. The Kier molecular flexibility index (Phi) is 11.2. The summed E-state index contributed by atoms with van der Waals surface area (Å²) in [5.41, 5.74) is 3.62. The lowest BCUT2D eigenvalue weighted by molar-refractivity contribution is 0.602. The highest BCUT2D eigenvalue weighted by Crippen LogP contribution is 2.18. The molecule has 0 atom stereocenters. The first-order valence-electron chi connectivity index (χ1n) is 9.89. The number of guanidine groups is 1. The average molecular weight is 545 g/mol. The number of hydrogen-bond acceptors (Lipinski definition) is 4. The van der Waals surface area contributed by atoms with Crippen LogP contribution in [-0.4, -0.2) is 53.9 Å². The van der Waals surface area contributed by atoms with Crippen molar-refractivity contribution in [3.8, 4) is 0 Å². The highest BCUT2D eigenvalue weighted by molar-refractivity contribution is 14.0. The van der Waals surface area contributed by atoms with Crippen molar-refractivity contribution in [3.05, 3.63) is 59.7 Å². The Bertz CT molecular complexity index is 915. The molecule has 0 saturated heterocycles. The van der Waals surface area contributed by atoms with Crippen LogP contribution in [0.2, 0.25) is 0 Å². The van der Waals surface area contributed by atoms with Crippen molar-refractivity contribution in [1.29, 1.82) is 0 Å². The van der Waals surface area contributed by atoms with Crippen LogP contribution >= 0.6 is 24.0 Å². The molecular formula is C22H33IN4O2S. The Morgan fingerprint density at radius 1 is 1.03 bits per heavy atom. The maximum Gasteiger partial charge on any atom is 0.191 e. The molecular weight excluding hydrogens is 511 g/mol. The molecule has 0 aliphatic rings. The Morgan fingerprint density at radius 3 is 2.23 bits per heavy atom. The summed E-state index contributed by atoms with van der Waals surface area (Å²) in [5, 5.41) is 6.66. The first kappa shape index (κ1) is 26.2. The molecule has 0 amide bonds. The Hall–Kier alpha value is -1.81. The van der Waals surface area contributed by atoms with Crippen molar-refractivity contribution in [3.63, 3.8) is 0 Å². The molecule has 0 aromatic heterocycles. The Labute approximate surface area is 198 Å². The fourth-order valence-corrected chi connectivity index (χ4v) is 3.76. The second-order valence-corrected chi connectivity index (χ2v) is 8.97. The van der Waals surface area contributed by atoms with Crippen LogP contribution in [0.15, 0.2) is 58.4 Å². The third kappa shape index (κ3) is 8.14. The van der Waals surface area contributed by atoms with Crippen molar-refractivity contribution in [1.82, 2.24) is 10.6 Å². The highest BCUT2D eigenvalue weighted by atomic mass is 127. The van der Waals surface area contributed by atoms with Crippen molar-refractivity contribution in [2.24, 2.45) is 4.99 Å². The number of benzene rings is 2. The minimum absolute atomic E-state index is 0. The first-order chi connectivity index (χ1) is 13.8. The van der Waals surface area contributed by atoms with Crippen molar-refractivity contribution >= 4 is 45.5 Å². The van der Waals surface area contributed by atoms with Gasteiger partial charge in [-0.15, -0.1) is 24.0 Å². The van der Waals surface area contributed by atoms with Crippen LogP contribution in [0.1, 0.15) is 18.1 Å². The van der Waals surface area contributed by atoms with Crippen LogP contribution in [0, 0.1) is 6.92 Å². The predicted molar refractivity (Wildman–Crippen MR) is 137 cm³/mol. The molecule has 2 rings (SSSR count). The van der Waals surface area contributed by atoms with Gasteiger partial charge < -0.3 is 15.5 Å². The fourth-order valence-electron chi connectivity index (χ4n) is 3.13. The number of nitrogens with one attached hydrogen (secondary N) is 2. The number of likely N-dealkylation sites (N-methyl/N-ethyl adjacent to an activating group) is 1. The number of aliphatic imine (C=N–C) groups is 1. The molecule has 8 heteroatoms. The van der Waals surface area contributed by atoms with Gasteiger partial charge in [0.25, 0.3) is 0 Å². The van der Waals surface area contributed by atoms with Crippen LogP contribution in [-0.2, 0) is 16.3 Å². The average Bonchev–Trinajstić information content (AvgIpc) is 2.70. The largest absolute Gasteiger partial charge is 0.370 e. The van der Waals surface area contributed by atoms with Gasteiger partial charge in [-0.2, -0.15) is 0 Å². The molecule has 2 aromatic rings. The van der Waals surface area contributed by atoms with E-state index in [0.717, 1.165) is 37.6 Å². The monoisotopic (exact) mass is 544 g/mol. The van der Waals surface area contributed by atoms with Gasteiger partial charge in [0.15, 0.2) is 15.8 Å². The third-order valence-electron chi connectivity index (χ3n) is 4.79. The molecule has 0 aliphatic heterocycles. The van der Waals surface area contributed by atoms with E-state index in [2.05, 4.69) is 58.6 Å². The van der Waals surface area contributed by atoms with Gasteiger partial charge in [-0.3, -0.25) is 4.99 Å². The summed E-state index contributed by atoms with van der Waals surface area (Å²) in [6, 6.07) is 15.4. The van der Waals surface area contributed by atoms with Gasteiger partial charge in [0.1, 0.15) is 0 Å². The lowest BCUT2D eigenvalue weighted by atomic mass is 10.1. The number of nitrogens with zero attached hydrogens (tertiary/aromatic N) is 2. The third-order valence-corrected chi connectivity index (χ3v) is 5.92. The zero-order chi connectivity index (χ0) is 21.3. The van der Waals surface area contributed by atoms with Crippen LogP contribution in [0.4, 0.5) is 5.69 Å². The van der Waals surface area contributed by atoms with E-state index in [4.69, 9.17) is 0 Å². The van der Waals surface area contributed by atoms with Gasteiger partial charge in [-0.1, -0.05) is 30.3 Å². The molecule has 0 bridgehead atoms. The molecule has 0 unspecified atom stereocenters. The maximum atomic E-state index is 11.5. The van der Waals surface area contributed by atoms with E-state index < -0.39 is 9.84 Å². The Balaban J connectivity index is 0.00000450. The van der Waals surface area contributed by atoms with Gasteiger partial charge >= 0.3 is 0 Å². The number of hydrogen-bond donors (Lipinski definition) is 2. The quantitative estimate of drug-likeness (QED) is 0.288. The van der Waals surface area contributed by atoms with Gasteiger partial charge in [0.2, 0.25) is 0 Å². The summed E-state index contributed by atoms with van der Waals surface area (Å²) in [6.07, 6.45) is 2.01. The predicted octanol–water partition coefficient (Wildman–Crippen LogP) is 3.25. The lowest BCUT2D eigenvalue weighted by Crippen LogP contribution is -2.42. The molecule has 6 nitrogen and oxygen atoms in total. The lowest BCUT2D eigenvalue weighted by Gasteiger charge is -2.25. The molecule has 0 spiro atoms. The van der Waals surface area contributed by atoms with Crippen LogP contribution < -0.4 is 15.5 Å². The molecule has 166 valence electrons. The number of aryl methyl sites for hydroxylation is 1. The zero-order valence-corrected chi connectivity index (χ0v) is 21.3. The second-order valence-electron chi connectivity index (χ2n) is 6.96. The molecule has 0 saturated carbocycles. The summed E-state index contributed by atoms with van der Waals surface area (Å²) < 4.78 is 23.1. The van der Waals surface area contributed by atoms with Crippen molar-refractivity contribution in [2.45, 2.75) is 25.2 Å². The SMILES string of the molecule is CCN(CCNC(=NC)NCCc1ccc(S(C)(=O)=O)cc1)c1ccccc1C.I. The molecule has 2 aromatic carbocycles. The normalized spacial score (nSPS) is 11.5. The van der Waals surface area contributed by atoms with E-state index in [9.17, 15) is 8.42 Å². The van der Waals surface area contributed by atoms with E-state index in [1.165, 1.54) is 17.5 Å².